The number of H-pyrrole nitrogens is 1. The number of carbonyl (C=O) groups excluding carboxylic acids is 1. The summed E-state index contributed by atoms with van der Waals surface area (Å²) >= 11 is 11.5. The van der Waals surface area contributed by atoms with E-state index >= 15 is 0 Å². The Bertz CT molecular complexity index is 526. The third-order valence-corrected chi connectivity index (χ3v) is 2.67. The first kappa shape index (κ1) is 12.0. The Morgan fingerprint density at radius 2 is 2.18 bits per heavy atom. The Kier molecular flexibility index (Phi) is 3.66. The minimum Gasteiger partial charge on any atom is -0.367 e. The topological polar surface area (TPSA) is 57.8 Å². The summed E-state index contributed by atoms with van der Waals surface area (Å²) in [6.07, 6.45) is 3.60. The van der Waals surface area contributed by atoms with Crippen molar-refractivity contribution in [2.24, 2.45) is 0 Å². The zero-order valence-electron chi connectivity index (χ0n) is 8.71. The highest BCUT2D eigenvalue weighted by molar-refractivity contribution is 6.34. The van der Waals surface area contributed by atoms with E-state index in [2.05, 4.69) is 15.3 Å². The van der Waals surface area contributed by atoms with Gasteiger partial charge in [0.15, 0.2) is 0 Å². The van der Waals surface area contributed by atoms with Gasteiger partial charge in [0.25, 0.3) is 5.91 Å². The van der Waals surface area contributed by atoms with Crippen molar-refractivity contribution in [1.29, 1.82) is 0 Å². The normalized spacial score (nSPS) is 10.2. The molecular weight excluding hydrogens is 261 g/mol. The summed E-state index contributed by atoms with van der Waals surface area (Å²) in [6, 6.07) is 4.95. The molecule has 0 unspecified atom stereocenters. The summed E-state index contributed by atoms with van der Waals surface area (Å²) in [5, 5.41) is 3.10. The quantitative estimate of drug-likeness (QED) is 0.842. The Morgan fingerprint density at radius 1 is 1.35 bits per heavy atom. The van der Waals surface area contributed by atoms with Crippen LogP contribution in [0.3, 0.4) is 0 Å². The number of halogens is 2. The van der Waals surface area contributed by atoms with Gasteiger partial charge in [0.2, 0.25) is 0 Å². The second-order valence-electron chi connectivity index (χ2n) is 3.37. The van der Waals surface area contributed by atoms with Crippen molar-refractivity contribution in [3.05, 3.63) is 52.0 Å². The predicted octanol–water partition coefficient (Wildman–Crippen LogP) is 2.65. The third-order valence-electron chi connectivity index (χ3n) is 2.17. The zero-order valence-corrected chi connectivity index (χ0v) is 10.2. The zero-order chi connectivity index (χ0) is 12.3. The van der Waals surface area contributed by atoms with E-state index in [1.165, 1.54) is 6.07 Å². The first-order chi connectivity index (χ1) is 8.16. The molecule has 2 heterocycles. The molecule has 0 fully saturated rings. The smallest absolute Gasteiger partial charge is 0.254 e. The number of hydrogen-bond acceptors (Lipinski definition) is 2. The molecule has 0 bridgehead atoms. The van der Waals surface area contributed by atoms with Crippen molar-refractivity contribution in [2.75, 3.05) is 0 Å². The molecule has 17 heavy (non-hydrogen) atoms. The maximum atomic E-state index is 11.8. The molecule has 6 heteroatoms. The molecule has 0 spiro atoms. The molecule has 0 radical (unpaired) electrons. The van der Waals surface area contributed by atoms with Gasteiger partial charge in [-0.15, -0.1) is 0 Å². The van der Waals surface area contributed by atoms with Gasteiger partial charge in [0, 0.05) is 18.9 Å². The molecule has 2 N–H and O–H groups in total. The fourth-order valence-corrected chi connectivity index (χ4v) is 1.76. The number of nitrogens with zero attached hydrogens (tertiary/aromatic N) is 1. The number of aromatic nitrogens is 2. The van der Waals surface area contributed by atoms with E-state index in [-0.39, 0.29) is 16.2 Å². The van der Waals surface area contributed by atoms with Crippen LogP contribution in [0.15, 0.2) is 30.6 Å². The van der Waals surface area contributed by atoms with Crippen LogP contribution in [0.25, 0.3) is 0 Å². The number of hydrogen-bond donors (Lipinski definition) is 2. The fraction of sp³-hybridized carbons (Fsp3) is 0.0909. The van der Waals surface area contributed by atoms with Crippen molar-refractivity contribution in [3.63, 3.8) is 0 Å². The number of carbonyl (C=O) groups is 1. The minimum absolute atomic E-state index is 0.101. The summed E-state index contributed by atoms with van der Waals surface area (Å²) in [4.78, 5) is 18.5. The molecule has 0 atom stereocenters. The van der Waals surface area contributed by atoms with Crippen LogP contribution in [0, 0.1) is 0 Å². The lowest BCUT2D eigenvalue weighted by Gasteiger charge is -2.05. The van der Waals surface area contributed by atoms with Crippen LogP contribution >= 0.6 is 23.2 Å². The molecule has 1 amide bonds. The van der Waals surface area contributed by atoms with Gasteiger partial charge >= 0.3 is 0 Å². The SMILES string of the molecule is O=C(NCc1cc[nH]c1)c1ccc(Cl)nc1Cl. The highest BCUT2D eigenvalue weighted by atomic mass is 35.5. The summed E-state index contributed by atoms with van der Waals surface area (Å²) in [5.41, 5.74) is 1.29. The van der Waals surface area contributed by atoms with E-state index in [1.807, 2.05) is 12.3 Å². The maximum absolute atomic E-state index is 11.8. The molecular formula is C11H9Cl2N3O. The van der Waals surface area contributed by atoms with E-state index < -0.39 is 0 Å². The Morgan fingerprint density at radius 3 is 2.82 bits per heavy atom. The molecule has 0 aliphatic rings. The van der Waals surface area contributed by atoms with Crippen LogP contribution in [0.4, 0.5) is 0 Å². The maximum Gasteiger partial charge on any atom is 0.254 e. The molecule has 2 rings (SSSR count). The van der Waals surface area contributed by atoms with Crippen LogP contribution in [-0.2, 0) is 6.54 Å². The van der Waals surface area contributed by atoms with E-state index in [0.717, 1.165) is 5.56 Å². The van der Waals surface area contributed by atoms with Crippen LogP contribution in [0.5, 0.6) is 0 Å². The monoisotopic (exact) mass is 269 g/mol. The average molecular weight is 270 g/mol. The predicted molar refractivity (Wildman–Crippen MR) is 66.2 cm³/mol. The molecule has 2 aromatic heterocycles. The van der Waals surface area contributed by atoms with E-state index in [0.29, 0.717) is 12.1 Å². The molecule has 0 aliphatic carbocycles. The van der Waals surface area contributed by atoms with Gasteiger partial charge in [0.05, 0.1) is 5.56 Å². The first-order valence-electron chi connectivity index (χ1n) is 4.89. The van der Waals surface area contributed by atoms with Gasteiger partial charge in [-0.05, 0) is 23.8 Å². The first-order valence-corrected chi connectivity index (χ1v) is 5.64. The fourth-order valence-electron chi connectivity index (χ4n) is 1.33. The number of pyridine rings is 1. The van der Waals surface area contributed by atoms with Gasteiger partial charge in [-0.3, -0.25) is 4.79 Å². The number of rotatable bonds is 3. The molecule has 0 aromatic carbocycles. The van der Waals surface area contributed by atoms with Crippen molar-refractivity contribution < 1.29 is 4.79 Å². The van der Waals surface area contributed by atoms with Gasteiger partial charge in [-0.1, -0.05) is 23.2 Å². The second-order valence-corrected chi connectivity index (χ2v) is 4.12. The second kappa shape index (κ2) is 5.21. The number of nitrogens with one attached hydrogen (secondary N) is 2. The summed E-state index contributed by atoms with van der Waals surface area (Å²) in [5.74, 6) is -0.277. The number of aromatic amines is 1. The number of amides is 1. The van der Waals surface area contributed by atoms with E-state index in [1.54, 1.807) is 12.3 Å². The van der Waals surface area contributed by atoms with Crippen molar-refractivity contribution >= 4 is 29.1 Å². The van der Waals surface area contributed by atoms with Crippen molar-refractivity contribution in [3.8, 4) is 0 Å². The summed E-state index contributed by atoms with van der Waals surface area (Å²) in [7, 11) is 0. The summed E-state index contributed by atoms with van der Waals surface area (Å²) < 4.78 is 0. The lowest BCUT2D eigenvalue weighted by molar-refractivity contribution is 0.0951. The van der Waals surface area contributed by atoms with Crippen LogP contribution in [0.2, 0.25) is 10.3 Å². The Balaban J connectivity index is 2.04. The largest absolute Gasteiger partial charge is 0.367 e. The standard InChI is InChI=1S/C11H9Cl2N3O/c12-9-2-1-8(10(13)16-9)11(17)15-6-7-3-4-14-5-7/h1-5,14H,6H2,(H,15,17). The third kappa shape index (κ3) is 2.99. The highest BCUT2D eigenvalue weighted by Gasteiger charge is 2.11. The van der Waals surface area contributed by atoms with Gasteiger partial charge in [0.1, 0.15) is 10.3 Å². The molecule has 88 valence electrons. The van der Waals surface area contributed by atoms with Crippen LogP contribution in [0.1, 0.15) is 15.9 Å². The highest BCUT2D eigenvalue weighted by Crippen LogP contribution is 2.16. The summed E-state index contributed by atoms with van der Waals surface area (Å²) in [6.45, 7) is 0.432. The Labute approximate surface area is 108 Å². The van der Waals surface area contributed by atoms with Crippen LogP contribution in [-0.4, -0.2) is 15.9 Å². The average Bonchev–Trinajstić information content (AvgIpc) is 2.78. The molecule has 0 aliphatic heterocycles. The minimum atomic E-state index is -0.277. The molecule has 2 aromatic rings. The van der Waals surface area contributed by atoms with Crippen molar-refractivity contribution in [2.45, 2.75) is 6.54 Å². The molecule has 4 nitrogen and oxygen atoms in total. The van der Waals surface area contributed by atoms with Gasteiger partial charge in [-0.25, -0.2) is 4.98 Å². The lowest BCUT2D eigenvalue weighted by atomic mass is 10.2. The van der Waals surface area contributed by atoms with E-state index in [9.17, 15) is 4.79 Å². The van der Waals surface area contributed by atoms with Crippen molar-refractivity contribution in [1.82, 2.24) is 15.3 Å². The lowest BCUT2D eigenvalue weighted by Crippen LogP contribution is -2.23. The van der Waals surface area contributed by atoms with Crippen LogP contribution < -0.4 is 5.32 Å². The Hall–Kier alpha value is -1.52. The van der Waals surface area contributed by atoms with Gasteiger partial charge in [-0.2, -0.15) is 0 Å². The molecule has 0 saturated heterocycles. The van der Waals surface area contributed by atoms with Gasteiger partial charge < -0.3 is 10.3 Å². The van der Waals surface area contributed by atoms with E-state index in [4.69, 9.17) is 23.2 Å². The molecule has 0 saturated carbocycles.